The second-order valence-corrected chi connectivity index (χ2v) is 5.78. The maximum atomic E-state index is 12.1. The first-order valence-electron chi connectivity index (χ1n) is 7.42. The van der Waals surface area contributed by atoms with E-state index in [0.29, 0.717) is 6.54 Å². The van der Waals surface area contributed by atoms with Crippen LogP contribution in [0, 0.1) is 6.92 Å². The average Bonchev–Trinajstić information content (AvgIpc) is 2.81. The minimum absolute atomic E-state index is 0.0224. The summed E-state index contributed by atoms with van der Waals surface area (Å²) in [5.74, 6) is 0.559. The maximum absolute atomic E-state index is 12.1. The fraction of sp³-hybridized carbons (Fsp3) is 0.571. The number of hydrogen-bond acceptors (Lipinski definition) is 4. The first-order valence-corrected chi connectivity index (χ1v) is 7.42. The molecule has 1 unspecified atom stereocenters. The number of rotatable bonds is 3. The topological polar surface area (TPSA) is 96.3 Å². The smallest absolute Gasteiger partial charge is 0.324 e. The third-order valence-corrected chi connectivity index (χ3v) is 3.96. The van der Waals surface area contributed by atoms with Crippen molar-refractivity contribution in [3.63, 3.8) is 0 Å². The van der Waals surface area contributed by atoms with Gasteiger partial charge in [-0.2, -0.15) is 0 Å². The second-order valence-electron chi connectivity index (χ2n) is 5.78. The molecule has 22 heavy (non-hydrogen) atoms. The van der Waals surface area contributed by atoms with Crippen molar-refractivity contribution in [2.45, 2.75) is 38.8 Å². The van der Waals surface area contributed by atoms with Crippen LogP contribution >= 0.6 is 0 Å². The molecule has 8 nitrogen and oxygen atoms in total. The lowest BCUT2D eigenvalue weighted by Crippen LogP contribution is -2.53. The second kappa shape index (κ2) is 5.78. The average molecular weight is 305 g/mol. The van der Waals surface area contributed by atoms with Crippen molar-refractivity contribution in [2.75, 3.05) is 13.1 Å². The SMILES string of the molecule is Cc1cn2c(n1)CCC(NC(=O)CN1CCC(=O)NC1=O)C2. The first-order chi connectivity index (χ1) is 10.5. The van der Waals surface area contributed by atoms with Crippen molar-refractivity contribution in [3.8, 4) is 0 Å². The number of carbonyl (C=O) groups excluding carboxylic acids is 3. The van der Waals surface area contributed by atoms with E-state index in [1.165, 1.54) is 4.90 Å². The molecule has 0 saturated carbocycles. The Morgan fingerprint density at radius 3 is 3.05 bits per heavy atom. The number of hydrogen-bond donors (Lipinski definition) is 2. The van der Waals surface area contributed by atoms with E-state index in [4.69, 9.17) is 0 Å². The van der Waals surface area contributed by atoms with Gasteiger partial charge in [-0.3, -0.25) is 14.9 Å². The predicted octanol–water partition coefficient (Wildman–Crippen LogP) is -0.436. The third-order valence-electron chi connectivity index (χ3n) is 3.96. The zero-order chi connectivity index (χ0) is 15.7. The molecule has 0 aromatic carbocycles. The van der Waals surface area contributed by atoms with Crippen LogP contribution in [0.4, 0.5) is 4.79 Å². The van der Waals surface area contributed by atoms with Crippen molar-refractivity contribution in [3.05, 3.63) is 17.7 Å². The summed E-state index contributed by atoms with van der Waals surface area (Å²) in [6.07, 6.45) is 3.89. The predicted molar refractivity (Wildman–Crippen MR) is 76.9 cm³/mol. The molecular formula is C14H19N5O3. The van der Waals surface area contributed by atoms with Gasteiger partial charge in [0.05, 0.1) is 5.69 Å². The van der Waals surface area contributed by atoms with Crippen LogP contribution < -0.4 is 10.6 Å². The monoisotopic (exact) mass is 305 g/mol. The lowest BCUT2D eigenvalue weighted by Gasteiger charge is -2.28. The number of carbonyl (C=O) groups is 3. The Kier molecular flexibility index (Phi) is 3.82. The molecule has 4 amide bonds. The normalized spacial score (nSPS) is 21.3. The quantitative estimate of drug-likeness (QED) is 0.791. The van der Waals surface area contributed by atoms with Crippen LogP contribution in [0.2, 0.25) is 0 Å². The van der Waals surface area contributed by atoms with E-state index < -0.39 is 6.03 Å². The molecule has 2 aliphatic heterocycles. The Hall–Kier alpha value is -2.38. The van der Waals surface area contributed by atoms with E-state index in [0.717, 1.165) is 24.4 Å². The van der Waals surface area contributed by atoms with Crippen molar-refractivity contribution in [1.82, 2.24) is 25.1 Å². The zero-order valence-corrected chi connectivity index (χ0v) is 12.5. The summed E-state index contributed by atoms with van der Waals surface area (Å²) in [6.45, 7) is 2.92. The number of amides is 4. The van der Waals surface area contributed by atoms with Gasteiger partial charge in [-0.05, 0) is 13.3 Å². The summed E-state index contributed by atoms with van der Waals surface area (Å²) in [4.78, 5) is 40.5. The van der Waals surface area contributed by atoms with Crippen molar-refractivity contribution < 1.29 is 14.4 Å². The van der Waals surface area contributed by atoms with Gasteiger partial charge in [0, 0.05) is 38.2 Å². The summed E-state index contributed by atoms with van der Waals surface area (Å²) < 4.78 is 2.07. The highest BCUT2D eigenvalue weighted by atomic mass is 16.2. The molecule has 1 atom stereocenters. The molecule has 1 aromatic heterocycles. The lowest BCUT2D eigenvalue weighted by molar-refractivity contribution is -0.125. The van der Waals surface area contributed by atoms with Crippen molar-refractivity contribution in [2.24, 2.45) is 0 Å². The van der Waals surface area contributed by atoms with Gasteiger partial charge in [0.15, 0.2) is 0 Å². The fourth-order valence-corrected chi connectivity index (χ4v) is 2.90. The molecule has 1 aromatic rings. The Morgan fingerprint density at radius 1 is 1.45 bits per heavy atom. The zero-order valence-electron chi connectivity index (χ0n) is 12.5. The summed E-state index contributed by atoms with van der Waals surface area (Å²) in [5.41, 5.74) is 0.983. The van der Waals surface area contributed by atoms with E-state index >= 15 is 0 Å². The Labute approximate surface area is 127 Å². The van der Waals surface area contributed by atoms with Gasteiger partial charge in [-0.15, -0.1) is 0 Å². The highest BCUT2D eigenvalue weighted by Gasteiger charge is 2.26. The highest BCUT2D eigenvalue weighted by Crippen LogP contribution is 2.15. The molecule has 118 valence electrons. The fourth-order valence-electron chi connectivity index (χ4n) is 2.90. The van der Waals surface area contributed by atoms with E-state index in [2.05, 4.69) is 20.2 Å². The Morgan fingerprint density at radius 2 is 2.27 bits per heavy atom. The minimum atomic E-state index is -0.498. The van der Waals surface area contributed by atoms with Crippen LogP contribution in [0.15, 0.2) is 6.20 Å². The van der Waals surface area contributed by atoms with E-state index in [-0.39, 0.29) is 37.4 Å². The number of nitrogens with one attached hydrogen (secondary N) is 2. The highest BCUT2D eigenvalue weighted by molar-refractivity contribution is 5.98. The minimum Gasteiger partial charge on any atom is -0.350 e. The van der Waals surface area contributed by atoms with Crippen LogP contribution in [0.25, 0.3) is 0 Å². The Balaban J connectivity index is 1.52. The Bertz CT molecular complexity index is 624. The molecule has 1 saturated heterocycles. The van der Waals surface area contributed by atoms with Gasteiger partial charge in [-0.25, -0.2) is 9.78 Å². The number of aryl methyl sites for hydroxylation is 2. The number of nitrogens with zero attached hydrogens (tertiary/aromatic N) is 3. The summed E-state index contributed by atoms with van der Waals surface area (Å²) in [7, 11) is 0. The molecule has 0 spiro atoms. The van der Waals surface area contributed by atoms with Gasteiger partial charge in [0.2, 0.25) is 11.8 Å². The molecule has 2 N–H and O–H groups in total. The molecular weight excluding hydrogens is 286 g/mol. The molecule has 8 heteroatoms. The van der Waals surface area contributed by atoms with Gasteiger partial charge < -0.3 is 14.8 Å². The van der Waals surface area contributed by atoms with Gasteiger partial charge in [0.25, 0.3) is 0 Å². The summed E-state index contributed by atoms with van der Waals surface area (Å²) in [5, 5.41) is 5.16. The molecule has 3 heterocycles. The molecule has 0 radical (unpaired) electrons. The summed E-state index contributed by atoms with van der Waals surface area (Å²) >= 11 is 0. The van der Waals surface area contributed by atoms with Gasteiger partial charge in [0.1, 0.15) is 12.4 Å². The standard InChI is InChI=1S/C14H19N5O3/c1-9-6-19-7-10(2-3-11(19)15-9)16-13(21)8-18-5-4-12(20)17-14(18)22/h6,10H,2-5,7-8H2,1H3,(H,16,21)(H,17,20,22). The molecule has 0 aliphatic carbocycles. The van der Waals surface area contributed by atoms with Crippen LogP contribution in [-0.2, 0) is 22.6 Å². The maximum Gasteiger partial charge on any atom is 0.324 e. The number of imide groups is 1. The largest absolute Gasteiger partial charge is 0.350 e. The number of imidazole rings is 1. The number of urea groups is 1. The number of aromatic nitrogens is 2. The molecule has 0 bridgehead atoms. The van der Waals surface area contributed by atoms with Gasteiger partial charge in [-0.1, -0.05) is 0 Å². The van der Waals surface area contributed by atoms with E-state index in [1.807, 2.05) is 13.1 Å². The van der Waals surface area contributed by atoms with Crippen molar-refractivity contribution in [1.29, 1.82) is 0 Å². The first kappa shape index (κ1) is 14.6. The molecule has 1 fully saturated rings. The van der Waals surface area contributed by atoms with Crippen LogP contribution in [0.3, 0.4) is 0 Å². The van der Waals surface area contributed by atoms with Crippen molar-refractivity contribution >= 4 is 17.8 Å². The number of fused-ring (bicyclic) bond motifs is 1. The van der Waals surface area contributed by atoms with E-state index in [9.17, 15) is 14.4 Å². The summed E-state index contributed by atoms with van der Waals surface area (Å²) in [6, 6.07) is -0.453. The molecule has 2 aliphatic rings. The molecule has 3 rings (SSSR count). The third kappa shape index (κ3) is 3.10. The van der Waals surface area contributed by atoms with Crippen LogP contribution in [0.1, 0.15) is 24.4 Å². The van der Waals surface area contributed by atoms with Gasteiger partial charge >= 0.3 is 6.03 Å². The van der Waals surface area contributed by atoms with Crippen LogP contribution in [-0.4, -0.2) is 51.4 Å². The lowest BCUT2D eigenvalue weighted by atomic mass is 10.1. The van der Waals surface area contributed by atoms with Crippen LogP contribution in [0.5, 0.6) is 0 Å². The van der Waals surface area contributed by atoms with E-state index in [1.54, 1.807) is 0 Å².